The molecule has 36 heavy (non-hydrogen) atoms. The number of anilines is 2. The molecule has 2 atom stereocenters. The van der Waals surface area contributed by atoms with Crippen molar-refractivity contribution in [1.29, 1.82) is 0 Å². The minimum Gasteiger partial charge on any atom is -0.467 e. The molecule has 3 aromatic carbocycles. The molecule has 2 saturated heterocycles. The van der Waals surface area contributed by atoms with E-state index in [1.165, 1.54) is 5.69 Å². The number of carbonyl (C=O) groups excluding carboxylic acids is 2. The lowest BCUT2D eigenvalue weighted by molar-refractivity contribution is 0.0377. The smallest absolute Gasteiger partial charge is 0.325 e. The van der Waals surface area contributed by atoms with Crippen LogP contribution >= 0.6 is 15.9 Å². The Morgan fingerprint density at radius 2 is 1.72 bits per heavy atom. The van der Waals surface area contributed by atoms with Crippen molar-refractivity contribution < 1.29 is 14.3 Å². The van der Waals surface area contributed by atoms with Crippen molar-refractivity contribution in [3.8, 4) is 5.75 Å². The first kappa shape index (κ1) is 22.9. The number of hydrogen-bond acceptors (Lipinski definition) is 4. The van der Waals surface area contributed by atoms with Crippen molar-refractivity contribution in [3.05, 3.63) is 88.4 Å². The number of urea groups is 1. The van der Waals surface area contributed by atoms with E-state index in [4.69, 9.17) is 4.74 Å². The van der Waals surface area contributed by atoms with E-state index in [0.717, 1.165) is 28.9 Å². The zero-order valence-electron chi connectivity index (χ0n) is 20.0. The lowest BCUT2D eigenvalue weighted by Gasteiger charge is -2.50. The molecule has 0 unspecified atom stereocenters. The largest absolute Gasteiger partial charge is 0.467 e. The normalized spacial score (nSPS) is 23.0. The minimum absolute atomic E-state index is 0.0234. The van der Waals surface area contributed by atoms with Gasteiger partial charge in [0.1, 0.15) is 5.75 Å². The summed E-state index contributed by atoms with van der Waals surface area (Å²) in [6.45, 7) is 4.80. The van der Waals surface area contributed by atoms with Gasteiger partial charge in [0.2, 0.25) is 0 Å². The molecule has 0 saturated carbocycles. The quantitative estimate of drug-likeness (QED) is 0.491. The van der Waals surface area contributed by atoms with Gasteiger partial charge in [0.05, 0.1) is 11.7 Å². The Morgan fingerprint density at radius 1 is 0.972 bits per heavy atom. The Morgan fingerprint density at radius 3 is 2.50 bits per heavy atom. The third-order valence-corrected chi connectivity index (χ3v) is 7.77. The van der Waals surface area contributed by atoms with E-state index >= 15 is 0 Å². The lowest BCUT2D eigenvalue weighted by atomic mass is 9.90. The fourth-order valence-electron chi connectivity index (χ4n) is 5.50. The number of fused-ring (bicyclic) bond motifs is 4. The van der Waals surface area contributed by atoms with Gasteiger partial charge in [0.15, 0.2) is 5.72 Å². The standard InChI is InChI=1S/C28H27BrN4O3/c1-28-18-24(23-17-20(29)10-11-25(23)36-28)30-27(35)33(28)22-9-5-6-19(16-22)26(34)32-14-12-31(13-15-32)21-7-3-2-4-8-21/h2-11,16-17,24H,12-15,18H2,1H3,(H,30,35)/t24-,28-/m1/s1. The number of nitrogens with one attached hydrogen (secondary N) is 1. The van der Waals surface area contributed by atoms with E-state index < -0.39 is 5.72 Å². The SMILES string of the molecule is C[C@@]12C[C@@H](NC(=O)N1c1cccc(C(=O)N3CCN(c4ccccc4)CC3)c1)c1cc(Br)ccc1O2. The second-order valence-corrected chi connectivity index (χ2v) is 10.6. The monoisotopic (exact) mass is 546 g/mol. The molecule has 1 N–H and O–H groups in total. The average molecular weight is 547 g/mol. The number of rotatable bonds is 3. The van der Waals surface area contributed by atoms with Gasteiger partial charge in [-0.25, -0.2) is 4.79 Å². The molecule has 0 aliphatic carbocycles. The van der Waals surface area contributed by atoms with Gasteiger partial charge in [-0.3, -0.25) is 9.69 Å². The van der Waals surface area contributed by atoms with Crippen LogP contribution in [0.15, 0.2) is 77.3 Å². The molecule has 3 aliphatic rings. The van der Waals surface area contributed by atoms with Gasteiger partial charge in [0, 0.05) is 53.9 Å². The summed E-state index contributed by atoms with van der Waals surface area (Å²) >= 11 is 3.51. The van der Waals surface area contributed by atoms with Gasteiger partial charge in [-0.15, -0.1) is 0 Å². The number of amides is 3. The van der Waals surface area contributed by atoms with E-state index in [2.05, 4.69) is 38.3 Å². The highest BCUT2D eigenvalue weighted by molar-refractivity contribution is 9.10. The Labute approximate surface area is 218 Å². The summed E-state index contributed by atoms with van der Waals surface area (Å²) in [5.74, 6) is 0.732. The van der Waals surface area contributed by atoms with E-state index in [0.29, 0.717) is 30.8 Å². The van der Waals surface area contributed by atoms with Crippen LogP contribution in [0.2, 0.25) is 0 Å². The molecular formula is C28H27BrN4O3. The summed E-state index contributed by atoms with van der Waals surface area (Å²) < 4.78 is 7.34. The molecular weight excluding hydrogens is 520 g/mol. The number of para-hydroxylation sites is 1. The predicted molar refractivity (Wildman–Crippen MR) is 143 cm³/mol. The third kappa shape index (κ3) is 3.99. The molecule has 7 nitrogen and oxygen atoms in total. The maximum Gasteiger partial charge on any atom is 0.325 e. The highest BCUT2D eigenvalue weighted by Crippen LogP contribution is 2.46. The molecule has 8 heteroatoms. The predicted octanol–water partition coefficient (Wildman–Crippen LogP) is 5.18. The molecule has 6 rings (SSSR count). The summed E-state index contributed by atoms with van der Waals surface area (Å²) in [4.78, 5) is 32.5. The molecule has 0 radical (unpaired) electrons. The molecule has 3 amide bonds. The fourth-order valence-corrected chi connectivity index (χ4v) is 5.88. The molecule has 3 aromatic rings. The summed E-state index contributed by atoms with van der Waals surface area (Å²) in [6.07, 6.45) is 0.599. The van der Waals surface area contributed by atoms with Gasteiger partial charge in [-0.05, 0) is 55.5 Å². The van der Waals surface area contributed by atoms with Gasteiger partial charge >= 0.3 is 6.03 Å². The highest BCUT2D eigenvalue weighted by atomic mass is 79.9. The van der Waals surface area contributed by atoms with Crippen molar-refractivity contribution in [3.63, 3.8) is 0 Å². The Hall–Kier alpha value is -3.52. The Kier molecular flexibility index (Phi) is 5.63. The van der Waals surface area contributed by atoms with E-state index in [1.54, 1.807) is 11.0 Å². The second-order valence-electron chi connectivity index (χ2n) is 9.67. The molecule has 3 heterocycles. The van der Waals surface area contributed by atoms with Gasteiger partial charge in [0.25, 0.3) is 5.91 Å². The van der Waals surface area contributed by atoms with Crippen LogP contribution in [0.1, 0.15) is 35.3 Å². The van der Waals surface area contributed by atoms with Crippen LogP contribution in [0.3, 0.4) is 0 Å². The summed E-state index contributed by atoms with van der Waals surface area (Å²) in [5, 5.41) is 3.12. The maximum atomic E-state index is 13.4. The van der Waals surface area contributed by atoms with Crippen LogP contribution in [0, 0.1) is 0 Å². The van der Waals surface area contributed by atoms with Crippen molar-refractivity contribution in [1.82, 2.24) is 10.2 Å². The van der Waals surface area contributed by atoms with Crippen LogP contribution in [0.4, 0.5) is 16.2 Å². The van der Waals surface area contributed by atoms with E-state index in [1.807, 2.05) is 66.4 Å². The topological polar surface area (TPSA) is 65.1 Å². The molecule has 184 valence electrons. The highest BCUT2D eigenvalue weighted by Gasteiger charge is 2.50. The second kappa shape index (κ2) is 8.85. The van der Waals surface area contributed by atoms with Crippen LogP contribution in [0.25, 0.3) is 0 Å². The molecule has 0 aromatic heterocycles. The van der Waals surface area contributed by atoms with Crippen LogP contribution in [-0.4, -0.2) is 48.7 Å². The van der Waals surface area contributed by atoms with Crippen molar-refractivity contribution in [2.24, 2.45) is 0 Å². The van der Waals surface area contributed by atoms with Crippen LogP contribution in [-0.2, 0) is 0 Å². The summed E-state index contributed by atoms with van der Waals surface area (Å²) in [6, 6.07) is 23.1. The van der Waals surface area contributed by atoms with E-state index in [-0.39, 0.29) is 18.0 Å². The first-order valence-corrected chi connectivity index (χ1v) is 13.0. The first-order valence-electron chi connectivity index (χ1n) is 12.2. The van der Waals surface area contributed by atoms with Gasteiger partial charge in [-0.2, -0.15) is 0 Å². The summed E-state index contributed by atoms with van der Waals surface area (Å²) in [7, 11) is 0. The summed E-state index contributed by atoms with van der Waals surface area (Å²) in [5.41, 5.74) is 2.49. The number of hydrogen-bond donors (Lipinski definition) is 1. The zero-order chi connectivity index (χ0) is 24.9. The fraction of sp³-hybridized carbons (Fsp3) is 0.286. The number of nitrogens with zero attached hydrogens (tertiary/aromatic N) is 3. The van der Waals surface area contributed by atoms with Crippen LogP contribution in [0.5, 0.6) is 5.75 Å². The number of piperazine rings is 1. The number of benzene rings is 3. The number of halogens is 1. The van der Waals surface area contributed by atoms with Gasteiger partial charge in [-0.1, -0.05) is 40.2 Å². The number of ether oxygens (including phenoxy) is 1. The van der Waals surface area contributed by atoms with E-state index in [9.17, 15) is 9.59 Å². The minimum atomic E-state index is -0.864. The average Bonchev–Trinajstić information content (AvgIpc) is 2.89. The lowest BCUT2D eigenvalue weighted by Crippen LogP contribution is -2.65. The zero-order valence-corrected chi connectivity index (χ0v) is 21.6. The van der Waals surface area contributed by atoms with Gasteiger partial charge < -0.3 is 19.9 Å². The van der Waals surface area contributed by atoms with Crippen molar-refractivity contribution in [2.45, 2.75) is 25.1 Å². The molecule has 0 spiro atoms. The third-order valence-electron chi connectivity index (χ3n) is 7.27. The Balaban J connectivity index is 1.22. The van der Waals surface area contributed by atoms with Crippen molar-refractivity contribution >= 4 is 39.2 Å². The first-order chi connectivity index (χ1) is 17.4. The maximum absolute atomic E-state index is 13.4. The molecule has 2 fully saturated rings. The molecule has 3 aliphatic heterocycles. The Bertz CT molecular complexity index is 1330. The molecule has 2 bridgehead atoms. The number of carbonyl (C=O) groups is 2. The van der Waals surface area contributed by atoms with Crippen LogP contribution < -0.4 is 19.9 Å². The van der Waals surface area contributed by atoms with Crippen molar-refractivity contribution in [2.75, 3.05) is 36.0 Å².